The van der Waals surface area contributed by atoms with E-state index in [1.54, 1.807) is 24.3 Å². The third-order valence-electron chi connectivity index (χ3n) is 3.87. The predicted octanol–water partition coefficient (Wildman–Crippen LogP) is 2.87. The minimum absolute atomic E-state index is 0.0623. The largest absolute Gasteiger partial charge is 0.481 e. The number of amides is 1. The SMILES string of the molecule is O=C(O)COc1ccccc1C=NNC(=O)CNc1ccc2ccccc2c1. The van der Waals surface area contributed by atoms with Gasteiger partial charge in [-0.2, -0.15) is 5.10 Å². The molecule has 142 valence electrons. The number of anilines is 1. The number of carbonyl (C=O) groups excluding carboxylic acids is 1. The molecule has 1 amide bonds. The van der Waals surface area contributed by atoms with Crippen molar-refractivity contribution in [1.82, 2.24) is 5.43 Å². The lowest BCUT2D eigenvalue weighted by Crippen LogP contribution is -2.25. The van der Waals surface area contributed by atoms with Gasteiger partial charge in [0.1, 0.15) is 5.75 Å². The molecule has 0 unspecified atom stereocenters. The summed E-state index contributed by atoms with van der Waals surface area (Å²) in [6.07, 6.45) is 1.41. The van der Waals surface area contributed by atoms with E-state index < -0.39 is 12.6 Å². The molecule has 0 fully saturated rings. The van der Waals surface area contributed by atoms with Gasteiger partial charge in [-0.15, -0.1) is 0 Å². The summed E-state index contributed by atoms with van der Waals surface area (Å²) in [4.78, 5) is 22.6. The van der Waals surface area contributed by atoms with Crippen LogP contribution in [-0.2, 0) is 9.59 Å². The second kappa shape index (κ2) is 9.18. The van der Waals surface area contributed by atoms with Crippen molar-refractivity contribution in [1.29, 1.82) is 0 Å². The second-order valence-electron chi connectivity index (χ2n) is 5.93. The molecule has 3 aromatic carbocycles. The van der Waals surface area contributed by atoms with Crippen molar-refractivity contribution in [2.24, 2.45) is 5.10 Å². The van der Waals surface area contributed by atoms with Crippen LogP contribution in [0.15, 0.2) is 71.8 Å². The summed E-state index contributed by atoms with van der Waals surface area (Å²) >= 11 is 0. The Morgan fingerprint density at radius 1 is 1.00 bits per heavy atom. The van der Waals surface area contributed by atoms with E-state index in [2.05, 4.69) is 15.8 Å². The maximum absolute atomic E-state index is 12.0. The first kappa shape index (κ1) is 18.9. The molecular weight excluding hydrogens is 358 g/mol. The average Bonchev–Trinajstić information content (AvgIpc) is 2.71. The number of nitrogens with zero attached hydrogens (tertiary/aromatic N) is 1. The zero-order valence-electron chi connectivity index (χ0n) is 15.0. The smallest absolute Gasteiger partial charge is 0.341 e. The summed E-state index contributed by atoms with van der Waals surface area (Å²) in [5.74, 6) is -1.01. The Morgan fingerprint density at radius 3 is 2.57 bits per heavy atom. The van der Waals surface area contributed by atoms with Crippen molar-refractivity contribution in [2.45, 2.75) is 0 Å². The predicted molar refractivity (Wildman–Crippen MR) is 108 cm³/mol. The summed E-state index contributed by atoms with van der Waals surface area (Å²) in [6, 6.07) is 20.7. The number of hydrazone groups is 1. The lowest BCUT2D eigenvalue weighted by atomic mass is 10.1. The van der Waals surface area contributed by atoms with Gasteiger partial charge in [0.2, 0.25) is 0 Å². The number of carbonyl (C=O) groups is 2. The van der Waals surface area contributed by atoms with Crippen LogP contribution in [0.3, 0.4) is 0 Å². The van der Waals surface area contributed by atoms with Crippen molar-refractivity contribution in [3.05, 3.63) is 72.3 Å². The summed E-state index contributed by atoms with van der Waals surface area (Å²) < 4.78 is 5.18. The number of fused-ring (bicyclic) bond motifs is 1. The van der Waals surface area contributed by atoms with Gasteiger partial charge in [0.05, 0.1) is 12.8 Å². The lowest BCUT2D eigenvalue weighted by Gasteiger charge is -2.07. The monoisotopic (exact) mass is 377 g/mol. The number of nitrogens with one attached hydrogen (secondary N) is 2. The molecular formula is C21H19N3O4. The molecule has 0 aromatic heterocycles. The first-order chi connectivity index (χ1) is 13.6. The average molecular weight is 377 g/mol. The highest BCUT2D eigenvalue weighted by Crippen LogP contribution is 2.18. The van der Waals surface area contributed by atoms with E-state index in [1.165, 1.54) is 6.21 Å². The molecule has 0 spiro atoms. The third kappa shape index (κ3) is 5.31. The molecule has 0 saturated carbocycles. The van der Waals surface area contributed by atoms with Crippen LogP contribution >= 0.6 is 0 Å². The molecule has 7 heteroatoms. The van der Waals surface area contributed by atoms with Gasteiger partial charge < -0.3 is 15.2 Å². The molecule has 0 aliphatic rings. The normalized spacial score (nSPS) is 10.7. The molecule has 0 heterocycles. The maximum atomic E-state index is 12.0. The summed E-state index contributed by atoms with van der Waals surface area (Å²) in [5.41, 5.74) is 3.83. The fourth-order valence-corrected chi connectivity index (χ4v) is 2.55. The molecule has 0 aliphatic heterocycles. The summed E-state index contributed by atoms with van der Waals surface area (Å²) in [5, 5.41) is 17.9. The molecule has 3 aromatic rings. The van der Waals surface area contributed by atoms with Crippen molar-refractivity contribution in [2.75, 3.05) is 18.5 Å². The molecule has 0 aliphatic carbocycles. The number of hydrogen-bond acceptors (Lipinski definition) is 5. The van der Waals surface area contributed by atoms with Gasteiger partial charge >= 0.3 is 5.97 Å². The standard InChI is InChI=1S/C21H19N3O4/c25-20(13-22-18-10-9-15-5-1-2-6-16(15)11-18)24-23-12-17-7-3-4-8-19(17)28-14-21(26)27/h1-12,22H,13-14H2,(H,24,25)(H,26,27). The van der Waals surface area contributed by atoms with Gasteiger partial charge in [0.25, 0.3) is 5.91 Å². The zero-order valence-corrected chi connectivity index (χ0v) is 15.0. The Hall–Kier alpha value is -3.87. The van der Waals surface area contributed by atoms with Crippen LogP contribution in [0, 0.1) is 0 Å². The van der Waals surface area contributed by atoms with E-state index in [0.29, 0.717) is 11.3 Å². The van der Waals surface area contributed by atoms with E-state index >= 15 is 0 Å². The van der Waals surface area contributed by atoms with E-state index in [4.69, 9.17) is 9.84 Å². The second-order valence-corrected chi connectivity index (χ2v) is 5.93. The number of benzene rings is 3. The van der Waals surface area contributed by atoms with Crippen LogP contribution in [-0.4, -0.2) is 36.3 Å². The Kier molecular flexibility index (Phi) is 6.20. The number of rotatable bonds is 8. The minimum Gasteiger partial charge on any atom is -0.481 e. The van der Waals surface area contributed by atoms with E-state index in [1.807, 2.05) is 42.5 Å². The highest BCUT2D eigenvalue weighted by molar-refractivity contribution is 5.88. The van der Waals surface area contributed by atoms with Crippen LogP contribution in [0.25, 0.3) is 10.8 Å². The molecule has 3 N–H and O–H groups in total. The summed E-state index contributed by atoms with van der Waals surface area (Å²) in [6.45, 7) is -0.389. The van der Waals surface area contributed by atoms with E-state index in [9.17, 15) is 9.59 Å². The van der Waals surface area contributed by atoms with Gasteiger partial charge in [0.15, 0.2) is 6.61 Å². The van der Waals surface area contributed by atoms with Crippen LogP contribution in [0.5, 0.6) is 5.75 Å². The molecule has 28 heavy (non-hydrogen) atoms. The number of aliphatic carboxylic acids is 1. The number of hydrogen-bond donors (Lipinski definition) is 3. The third-order valence-corrected chi connectivity index (χ3v) is 3.87. The zero-order chi connectivity index (χ0) is 19.8. The summed E-state index contributed by atoms with van der Waals surface area (Å²) in [7, 11) is 0. The Balaban J connectivity index is 1.53. The fourth-order valence-electron chi connectivity index (χ4n) is 2.55. The van der Waals surface area contributed by atoms with Crippen LogP contribution in [0.4, 0.5) is 5.69 Å². The molecule has 0 radical (unpaired) electrons. The van der Waals surface area contributed by atoms with E-state index in [-0.39, 0.29) is 12.5 Å². The molecule has 0 bridgehead atoms. The van der Waals surface area contributed by atoms with Crippen LogP contribution in [0.2, 0.25) is 0 Å². The Bertz CT molecular complexity index is 1020. The van der Waals surface area contributed by atoms with Crippen molar-refractivity contribution in [3.8, 4) is 5.75 Å². The lowest BCUT2D eigenvalue weighted by molar-refractivity contribution is -0.139. The van der Waals surface area contributed by atoms with Crippen molar-refractivity contribution < 1.29 is 19.4 Å². The van der Waals surface area contributed by atoms with Gasteiger partial charge in [-0.05, 0) is 35.0 Å². The highest BCUT2D eigenvalue weighted by Gasteiger charge is 2.04. The first-order valence-corrected chi connectivity index (χ1v) is 8.60. The highest BCUT2D eigenvalue weighted by atomic mass is 16.5. The first-order valence-electron chi connectivity index (χ1n) is 8.60. The van der Waals surface area contributed by atoms with Gasteiger partial charge in [-0.1, -0.05) is 42.5 Å². The minimum atomic E-state index is -1.07. The number of ether oxygens (including phenoxy) is 1. The van der Waals surface area contributed by atoms with Gasteiger partial charge in [-0.25, -0.2) is 10.2 Å². The maximum Gasteiger partial charge on any atom is 0.341 e. The number of carboxylic acids is 1. The van der Waals surface area contributed by atoms with Crippen LogP contribution < -0.4 is 15.5 Å². The fraction of sp³-hybridized carbons (Fsp3) is 0.0952. The topological polar surface area (TPSA) is 100 Å². The number of para-hydroxylation sites is 1. The quantitative estimate of drug-likeness (QED) is 0.414. The Morgan fingerprint density at radius 2 is 1.75 bits per heavy atom. The molecule has 7 nitrogen and oxygen atoms in total. The number of carboxylic acid groups (broad SMARTS) is 1. The van der Waals surface area contributed by atoms with Gasteiger partial charge in [0, 0.05) is 11.3 Å². The van der Waals surface area contributed by atoms with Crippen LogP contribution in [0.1, 0.15) is 5.56 Å². The van der Waals surface area contributed by atoms with Crippen molar-refractivity contribution >= 4 is 34.6 Å². The molecule has 3 rings (SSSR count). The van der Waals surface area contributed by atoms with E-state index in [0.717, 1.165) is 16.5 Å². The van der Waals surface area contributed by atoms with Crippen molar-refractivity contribution in [3.63, 3.8) is 0 Å². The van der Waals surface area contributed by atoms with Gasteiger partial charge in [-0.3, -0.25) is 4.79 Å². The molecule has 0 atom stereocenters. The Labute approximate surface area is 161 Å². The molecule has 0 saturated heterocycles.